The maximum atomic E-state index is 13.0. The maximum Gasteiger partial charge on any atom is 0.412 e. The van der Waals surface area contributed by atoms with Crippen LogP contribution in [0.15, 0.2) is 69.6 Å². The van der Waals surface area contributed by atoms with E-state index in [4.69, 9.17) is 9.05 Å². The molecule has 0 fully saturated rings. The number of alkyl halides is 3. The van der Waals surface area contributed by atoms with Crippen molar-refractivity contribution in [2.75, 3.05) is 34.8 Å². The Morgan fingerprint density at radius 2 is 1.45 bits per heavy atom. The van der Waals surface area contributed by atoms with Gasteiger partial charge in [-0.2, -0.15) is 18.2 Å². The summed E-state index contributed by atoms with van der Waals surface area (Å²) in [6.07, 6.45) is -2.82. The predicted octanol–water partition coefficient (Wildman–Crippen LogP) is 5.75. The summed E-state index contributed by atoms with van der Waals surface area (Å²) in [7, 11) is 2.93. The van der Waals surface area contributed by atoms with Gasteiger partial charge in [-0.15, -0.1) is 9.51 Å². The minimum atomic E-state index is -4.58. The van der Waals surface area contributed by atoms with Crippen LogP contribution >= 0.6 is 7.66 Å². The van der Waals surface area contributed by atoms with Gasteiger partial charge in [0.25, 0.3) is 0 Å². The molecule has 1 aliphatic heterocycles. The van der Waals surface area contributed by atoms with E-state index in [0.29, 0.717) is 0 Å². The number of hydrogen-bond donors (Lipinski definition) is 0. The zero-order chi connectivity index (χ0) is 24.2. The van der Waals surface area contributed by atoms with E-state index in [2.05, 4.69) is 21.1 Å². The van der Waals surface area contributed by atoms with Crippen LogP contribution in [-0.2, 0) is 4.52 Å². The summed E-state index contributed by atoms with van der Waals surface area (Å²) in [5, 5.41) is 0. The van der Waals surface area contributed by atoms with Crippen LogP contribution in [0.3, 0.4) is 0 Å². The van der Waals surface area contributed by atoms with Crippen molar-refractivity contribution in [1.29, 1.82) is 0 Å². The van der Waals surface area contributed by atoms with E-state index in [9.17, 15) is 13.2 Å². The Morgan fingerprint density at radius 1 is 0.909 bits per heavy atom. The molecule has 0 saturated carbocycles. The van der Waals surface area contributed by atoms with Crippen molar-refractivity contribution in [2.24, 2.45) is 14.5 Å². The summed E-state index contributed by atoms with van der Waals surface area (Å²) in [6.45, 7) is 2.19. The third kappa shape index (κ3) is 6.46. The molecule has 0 N–H and O–H groups in total. The second-order valence-electron chi connectivity index (χ2n) is 7.52. The monoisotopic (exact) mass is 479 g/mol. The number of benzene rings is 2. The molecule has 0 aromatic heterocycles. The van der Waals surface area contributed by atoms with Crippen LogP contribution in [-0.4, -0.2) is 62.7 Å². The number of halogens is 3. The Kier molecular flexibility index (Phi) is 7.29. The minimum absolute atomic E-state index is 0.156. The van der Waals surface area contributed by atoms with Crippen LogP contribution in [0.5, 0.6) is 5.75 Å². The zero-order valence-corrected chi connectivity index (χ0v) is 19.6. The molecule has 0 bridgehead atoms. The number of nitrogens with zero attached hydrogens (tertiary/aromatic N) is 5. The fourth-order valence-electron chi connectivity index (χ4n) is 2.70. The molecule has 1 aliphatic rings. The van der Waals surface area contributed by atoms with Gasteiger partial charge < -0.3 is 14.3 Å². The molecule has 176 valence electrons. The fourth-order valence-corrected chi connectivity index (χ4v) is 4.61. The van der Waals surface area contributed by atoms with Gasteiger partial charge in [0, 0.05) is 28.2 Å². The summed E-state index contributed by atoms with van der Waals surface area (Å²) >= 11 is 0. The van der Waals surface area contributed by atoms with Gasteiger partial charge >= 0.3 is 13.8 Å². The molecule has 3 rings (SSSR count). The first kappa shape index (κ1) is 24.5. The summed E-state index contributed by atoms with van der Waals surface area (Å²) < 4.78 is 58.7. The number of guanidine groups is 2. The Morgan fingerprint density at radius 3 is 1.94 bits per heavy atom. The van der Waals surface area contributed by atoms with Crippen molar-refractivity contribution in [3.05, 3.63) is 60.7 Å². The lowest BCUT2D eigenvalue weighted by Crippen LogP contribution is -2.30. The second kappa shape index (κ2) is 9.80. The Balaban J connectivity index is 1.96. The van der Waals surface area contributed by atoms with Crippen LogP contribution in [0.1, 0.15) is 5.56 Å². The highest BCUT2D eigenvalue weighted by atomic mass is 31.2. The number of aliphatic imine (C=N–C) groups is 1. The molecule has 0 saturated heterocycles. The van der Waals surface area contributed by atoms with Crippen LogP contribution < -0.4 is 4.52 Å². The van der Waals surface area contributed by atoms with Crippen LogP contribution in [0.4, 0.5) is 13.2 Å². The van der Waals surface area contributed by atoms with Gasteiger partial charge in [0.05, 0.1) is 0 Å². The molecule has 2 aromatic carbocycles. The van der Waals surface area contributed by atoms with Crippen molar-refractivity contribution < 1.29 is 22.2 Å². The van der Waals surface area contributed by atoms with E-state index in [-0.39, 0.29) is 17.7 Å². The highest BCUT2D eigenvalue weighted by Gasteiger charge is 2.37. The highest BCUT2D eigenvalue weighted by molar-refractivity contribution is 7.56. The molecule has 0 radical (unpaired) electrons. The van der Waals surface area contributed by atoms with Gasteiger partial charge in [0.2, 0.25) is 11.9 Å². The predicted molar refractivity (Wildman–Crippen MR) is 126 cm³/mol. The normalized spacial score (nSPS) is 18.0. The topological polar surface area (TPSA) is 62.0 Å². The maximum absolute atomic E-state index is 13.0. The third-order valence-corrected chi connectivity index (χ3v) is 6.16. The zero-order valence-electron chi connectivity index (χ0n) is 18.7. The van der Waals surface area contributed by atoms with Crippen LogP contribution in [0.2, 0.25) is 0 Å². The minimum Gasteiger partial charge on any atom is -0.422 e. The molecular weight excluding hydrogens is 454 g/mol. The third-order valence-electron chi connectivity index (χ3n) is 4.39. The van der Waals surface area contributed by atoms with E-state index in [1.807, 2.05) is 24.3 Å². The molecule has 1 heterocycles. The molecule has 1 atom stereocenters. The lowest BCUT2D eigenvalue weighted by molar-refractivity contribution is -0.153. The van der Waals surface area contributed by atoms with Gasteiger partial charge in [-0.05, 0) is 28.8 Å². The fraction of sp³-hybridized carbons (Fsp3) is 0.273. The van der Waals surface area contributed by atoms with Crippen molar-refractivity contribution in [3.63, 3.8) is 0 Å². The van der Waals surface area contributed by atoms with Gasteiger partial charge in [-0.3, -0.25) is 4.52 Å². The molecule has 7 nitrogen and oxygen atoms in total. The van der Waals surface area contributed by atoms with Crippen molar-refractivity contribution in [3.8, 4) is 16.9 Å². The molecule has 0 amide bonds. The first-order valence-corrected chi connectivity index (χ1v) is 11.4. The Hall–Kier alpha value is -3.10. The Labute approximate surface area is 191 Å². The standard InChI is InChI=1S/C22H25F3N5O2P/c1-6-16-7-9-17(10-8-16)18-11-13-19(14-12-18)32-33(31-15-22(23,24)25)27-20(29(2)3)26-21(28-33)30(4)5/h6-14H,1,15H2,2-5H3. The quantitative estimate of drug-likeness (QED) is 0.495. The van der Waals surface area contributed by atoms with E-state index in [1.54, 1.807) is 68.3 Å². The number of rotatable bonds is 6. The largest absolute Gasteiger partial charge is 0.422 e. The average Bonchev–Trinajstić information content (AvgIpc) is 2.78. The van der Waals surface area contributed by atoms with Crippen molar-refractivity contribution in [1.82, 2.24) is 9.80 Å². The lowest BCUT2D eigenvalue weighted by Gasteiger charge is -2.27. The summed E-state index contributed by atoms with van der Waals surface area (Å²) in [4.78, 5) is 7.38. The smallest absolute Gasteiger partial charge is 0.412 e. The molecule has 0 aliphatic carbocycles. The SMILES string of the molecule is C=Cc1ccc(-c2ccc(OP3(OCC(F)(F)F)=NC(N(C)C)=NC(N(C)C)=N3)cc2)cc1. The Bertz CT molecular complexity index is 1100. The van der Waals surface area contributed by atoms with E-state index in [0.717, 1.165) is 16.7 Å². The molecule has 2 aromatic rings. The van der Waals surface area contributed by atoms with Gasteiger partial charge in [0.15, 0.2) is 6.61 Å². The van der Waals surface area contributed by atoms with Gasteiger partial charge in [0.1, 0.15) is 5.75 Å². The van der Waals surface area contributed by atoms with Crippen LogP contribution in [0, 0.1) is 0 Å². The lowest BCUT2D eigenvalue weighted by atomic mass is 10.0. The average molecular weight is 479 g/mol. The number of hydrogen-bond acceptors (Lipinski definition) is 7. The van der Waals surface area contributed by atoms with E-state index in [1.165, 1.54) is 0 Å². The van der Waals surface area contributed by atoms with E-state index >= 15 is 0 Å². The first-order valence-electron chi connectivity index (χ1n) is 9.90. The summed E-state index contributed by atoms with van der Waals surface area (Å²) in [5.41, 5.74) is 2.89. The second-order valence-corrected chi connectivity index (χ2v) is 9.34. The van der Waals surface area contributed by atoms with Crippen molar-refractivity contribution in [2.45, 2.75) is 6.18 Å². The van der Waals surface area contributed by atoms with Crippen LogP contribution in [0.25, 0.3) is 17.2 Å². The molecule has 1 unspecified atom stereocenters. The molecular formula is C22H25F3N5O2P. The van der Waals surface area contributed by atoms with Crippen molar-refractivity contribution >= 4 is 25.7 Å². The summed E-state index contributed by atoms with van der Waals surface area (Å²) in [6, 6.07) is 14.7. The van der Waals surface area contributed by atoms with E-state index < -0.39 is 20.4 Å². The highest BCUT2D eigenvalue weighted by Crippen LogP contribution is 2.56. The molecule has 0 spiro atoms. The van der Waals surface area contributed by atoms with Gasteiger partial charge in [-0.25, -0.2) is 0 Å². The summed E-state index contributed by atoms with van der Waals surface area (Å²) in [5.74, 6) is 0.592. The molecule has 33 heavy (non-hydrogen) atoms. The van der Waals surface area contributed by atoms with Gasteiger partial charge in [-0.1, -0.05) is 49.1 Å². The first-order chi connectivity index (χ1) is 15.5. The molecule has 11 heteroatoms.